The van der Waals surface area contributed by atoms with Gasteiger partial charge in [0.25, 0.3) is 5.91 Å². The van der Waals surface area contributed by atoms with Crippen molar-refractivity contribution in [2.75, 3.05) is 17.7 Å². The van der Waals surface area contributed by atoms with Gasteiger partial charge in [0.1, 0.15) is 11.9 Å². The van der Waals surface area contributed by atoms with E-state index in [1.54, 1.807) is 4.90 Å². The van der Waals surface area contributed by atoms with Gasteiger partial charge in [0, 0.05) is 17.2 Å². The molecule has 1 aromatic carbocycles. The first-order chi connectivity index (χ1) is 11.8. The van der Waals surface area contributed by atoms with E-state index in [0.717, 1.165) is 6.07 Å². The van der Waals surface area contributed by atoms with E-state index in [4.69, 9.17) is 16.3 Å². The molecule has 1 aromatic rings. The molecule has 2 aliphatic rings. The summed E-state index contributed by atoms with van der Waals surface area (Å²) in [5.41, 5.74) is -0.0517. The van der Waals surface area contributed by atoms with Crippen molar-refractivity contribution in [3.63, 3.8) is 0 Å². The Morgan fingerprint density at radius 1 is 1.52 bits per heavy atom. The minimum Gasteiger partial charge on any atom is -0.454 e. The van der Waals surface area contributed by atoms with Crippen LogP contribution in [-0.2, 0) is 19.1 Å². The van der Waals surface area contributed by atoms with Crippen molar-refractivity contribution >= 4 is 46.8 Å². The molecular weight excluding hydrogens is 371 g/mol. The van der Waals surface area contributed by atoms with E-state index in [-0.39, 0.29) is 21.5 Å². The molecule has 0 aromatic heterocycles. The number of hydrogen-bond donors (Lipinski definition) is 1. The number of halogens is 2. The van der Waals surface area contributed by atoms with Gasteiger partial charge in [0.15, 0.2) is 6.61 Å². The number of rotatable bonds is 4. The van der Waals surface area contributed by atoms with Crippen molar-refractivity contribution in [3.8, 4) is 0 Å². The SMILES string of the molecule is C[C@]12CCC(=O)N1[C@H](C(=O)OCC(=O)Nc1ccc(Cl)cc1F)CS2. The molecule has 2 amide bonds. The van der Waals surface area contributed by atoms with Gasteiger partial charge < -0.3 is 15.0 Å². The normalized spacial score (nSPS) is 25.0. The number of fused-ring (bicyclic) bond motifs is 1. The van der Waals surface area contributed by atoms with Crippen LogP contribution in [0.25, 0.3) is 0 Å². The second kappa shape index (κ2) is 6.84. The number of anilines is 1. The van der Waals surface area contributed by atoms with Crippen LogP contribution in [-0.4, -0.2) is 46.0 Å². The molecule has 0 bridgehead atoms. The highest BCUT2D eigenvalue weighted by Crippen LogP contribution is 2.47. The topological polar surface area (TPSA) is 75.7 Å². The van der Waals surface area contributed by atoms with E-state index < -0.39 is 30.3 Å². The predicted octanol–water partition coefficient (Wildman–Crippen LogP) is 2.41. The molecule has 134 valence electrons. The standard InChI is InChI=1S/C16H16ClFN2O4S/c1-16-5-4-14(22)20(16)12(8-25-16)15(23)24-7-13(21)19-11-3-2-9(17)6-10(11)18/h2-3,6,12H,4-5,7-8H2,1H3,(H,19,21)/t12-,16-/m0/s1. The molecule has 0 spiro atoms. The smallest absolute Gasteiger partial charge is 0.330 e. The van der Waals surface area contributed by atoms with E-state index in [2.05, 4.69) is 5.32 Å². The summed E-state index contributed by atoms with van der Waals surface area (Å²) in [6, 6.07) is 3.13. The van der Waals surface area contributed by atoms with Crippen molar-refractivity contribution in [3.05, 3.63) is 29.0 Å². The van der Waals surface area contributed by atoms with Gasteiger partial charge in [0.05, 0.1) is 10.6 Å². The molecule has 9 heteroatoms. The first kappa shape index (κ1) is 18.0. The second-order valence-electron chi connectivity index (χ2n) is 6.05. The zero-order valence-corrected chi connectivity index (χ0v) is 15.0. The summed E-state index contributed by atoms with van der Waals surface area (Å²) >= 11 is 7.18. The molecule has 0 unspecified atom stereocenters. The van der Waals surface area contributed by atoms with E-state index in [1.165, 1.54) is 23.9 Å². The third-order valence-corrected chi connectivity index (χ3v) is 6.01. The van der Waals surface area contributed by atoms with Crippen LogP contribution in [0.4, 0.5) is 10.1 Å². The van der Waals surface area contributed by atoms with Gasteiger partial charge in [0.2, 0.25) is 5.91 Å². The van der Waals surface area contributed by atoms with Crippen LogP contribution < -0.4 is 5.32 Å². The molecule has 0 saturated carbocycles. The van der Waals surface area contributed by atoms with Gasteiger partial charge in [-0.3, -0.25) is 9.59 Å². The monoisotopic (exact) mass is 386 g/mol. The third-order valence-electron chi connectivity index (χ3n) is 4.27. The van der Waals surface area contributed by atoms with Crippen molar-refractivity contribution in [2.24, 2.45) is 0 Å². The van der Waals surface area contributed by atoms with Crippen LogP contribution in [0, 0.1) is 5.82 Å². The van der Waals surface area contributed by atoms with E-state index in [9.17, 15) is 18.8 Å². The van der Waals surface area contributed by atoms with Gasteiger partial charge in [-0.2, -0.15) is 0 Å². The molecule has 1 N–H and O–H groups in total. The first-order valence-electron chi connectivity index (χ1n) is 7.68. The minimum atomic E-state index is -0.690. The molecule has 6 nitrogen and oxygen atoms in total. The second-order valence-corrected chi connectivity index (χ2v) is 7.98. The first-order valence-corrected chi connectivity index (χ1v) is 9.04. The summed E-state index contributed by atoms with van der Waals surface area (Å²) in [5.74, 6) is -1.62. The number of carbonyl (C=O) groups is 3. The van der Waals surface area contributed by atoms with Crippen molar-refractivity contribution in [1.29, 1.82) is 0 Å². The average Bonchev–Trinajstić information content (AvgIpc) is 3.04. The van der Waals surface area contributed by atoms with Crippen LogP contribution in [0.5, 0.6) is 0 Å². The molecule has 25 heavy (non-hydrogen) atoms. The zero-order valence-electron chi connectivity index (χ0n) is 13.4. The van der Waals surface area contributed by atoms with Crippen LogP contribution in [0.1, 0.15) is 19.8 Å². The fourth-order valence-corrected chi connectivity index (χ4v) is 4.58. The van der Waals surface area contributed by atoms with Gasteiger partial charge in [-0.15, -0.1) is 11.8 Å². The molecule has 2 saturated heterocycles. The molecule has 3 rings (SSSR count). The highest BCUT2D eigenvalue weighted by Gasteiger charge is 2.53. The fourth-order valence-electron chi connectivity index (χ4n) is 3.01. The van der Waals surface area contributed by atoms with Crippen LogP contribution in [0.15, 0.2) is 18.2 Å². The Morgan fingerprint density at radius 3 is 3.00 bits per heavy atom. The quantitative estimate of drug-likeness (QED) is 0.804. The summed E-state index contributed by atoms with van der Waals surface area (Å²) in [5, 5.41) is 2.52. The highest BCUT2D eigenvalue weighted by atomic mass is 35.5. The number of nitrogens with one attached hydrogen (secondary N) is 1. The highest BCUT2D eigenvalue weighted by molar-refractivity contribution is 8.01. The number of benzene rings is 1. The maximum atomic E-state index is 13.6. The summed E-state index contributed by atoms with van der Waals surface area (Å²) in [7, 11) is 0. The maximum Gasteiger partial charge on any atom is 0.330 e. The lowest BCUT2D eigenvalue weighted by Crippen LogP contribution is -2.47. The van der Waals surface area contributed by atoms with Crippen molar-refractivity contribution in [2.45, 2.75) is 30.7 Å². The molecule has 0 radical (unpaired) electrons. The van der Waals surface area contributed by atoms with Gasteiger partial charge in [-0.25, -0.2) is 9.18 Å². The lowest BCUT2D eigenvalue weighted by molar-refractivity contribution is -0.155. The lowest BCUT2D eigenvalue weighted by Gasteiger charge is -2.29. The summed E-state index contributed by atoms with van der Waals surface area (Å²) in [4.78, 5) is 37.3. The summed E-state index contributed by atoms with van der Waals surface area (Å²) in [6.07, 6.45) is 1.10. The third kappa shape index (κ3) is 3.59. The molecule has 2 heterocycles. The van der Waals surface area contributed by atoms with Gasteiger partial charge in [-0.05, 0) is 31.5 Å². The van der Waals surface area contributed by atoms with Crippen molar-refractivity contribution < 1.29 is 23.5 Å². The minimum absolute atomic E-state index is 0.0517. The Labute approximate surface area is 153 Å². The molecule has 2 fully saturated rings. The van der Waals surface area contributed by atoms with E-state index >= 15 is 0 Å². The number of esters is 1. The number of hydrogen-bond acceptors (Lipinski definition) is 5. The number of thioether (sulfide) groups is 1. The van der Waals surface area contributed by atoms with E-state index in [0.29, 0.717) is 18.6 Å². The average molecular weight is 387 g/mol. The fraction of sp³-hybridized carbons (Fsp3) is 0.438. The van der Waals surface area contributed by atoms with Crippen LogP contribution in [0.2, 0.25) is 5.02 Å². The van der Waals surface area contributed by atoms with E-state index in [1.807, 2.05) is 6.92 Å². The van der Waals surface area contributed by atoms with Gasteiger partial charge >= 0.3 is 5.97 Å². The number of amides is 2. The lowest BCUT2D eigenvalue weighted by atomic mass is 10.2. The predicted molar refractivity (Wildman–Crippen MR) is 91.7 cm³/mol. The van der Waals surface area contributed by atoms with Gasteiger partial charge in [-0.1, -0.05) is 11.6 Å². The van der Waals surface area contributed by atoms with Crippen LogP contribution >= 0.6 is 23.4 Å². The largest absolute Gasteiger partial charge is 0.454 e. The summed E-state index contributed by atoms with van der Waals surface area (Å²) < 4.78 is 18.7. The molecule has 2 aliphatic heterocycles. The summed E-state index contributed by atoms with van der Waals surface area (Å²) in [6.45, 7) is 1.37. The Bertz CT molecular complexity index is 747. The Hall–Kier alpha value is -1.80. The molecular formula is C16H16ClFN2O4S. The Balaban J connectivity index is 1.55. The zero-order chi connectivity index (χ0) is 18.2. The number of ether oxygens (including phenoxy) is 1. The number of nitrogens with zero attached hydrogens (tertiary/aromatic N) is 1. The molecule has 2 atom stereocenters. The maximum absolute atomic E-state index is 13.6. The van der Waals surface area contributed by atoms with Crippen molar-refractivity contribution in [1.82, 2.24) is 4.90 Å². The van der Waals surface area contributed by atoms with Crippen LogP contribution in [0.3, 0.4) is 0 Å². The Morgan fingerprint density at radius 2 is 2.28 bits per heavy atom. The number of carbonyl (C=O) groups excluding carboxylic acids is 3. The Kier molecular flexibility index (Phi) is 4.92. The molecule has 0 aliphatic carbocycles.